The van der Waals surface area contributed by atoms with Gasteiger partial charge in [-0.1, -0.05) is 0 Å². The highest BCUT2D eigenvalue weighted by Crippen LogP contribution is 2.22. The molecule has 0 aromatic rings. The van der Waals surface area contributed by atoms with Crippen molar-refractivity contribution in [3.8, 4) is 0 Å². The first-order valence-electron chi connectivity index (χ1n) is 3.31. The fourth-order valence-electron chi connectivity index (χ4n) is 1.12. The van der Waals surface area contributed by atoms with Crippen molar-refractivity contribution in [1.82, 2.24) is 0 Å². The van der Waals surface area contributed by atoms with Gasteiger partial charge in [0.05, 0.1) is 12.7 Å². The lowest BCUT2D eigenvalue weighted by Crippen LogP contribution is -2.07. The van der Waals surface area contributed by atoms with Crippen molar-refractivity contribution in [3.63, 3.8) is 0 Å². The first kappa shape index (κ1) is 7.12. The summed E-state index contributed by atoms with van der Waals surface area (Å²) in [6.07, 6.45) is 2.60. The summed E-state index contributed by atoms with van der Waals surface area (Å²) >= 11 is 0. The van der Waals surface area contributed by atoms with Gasteiger partial charge < -0.3 is 10.5 Å². The Balaban J connectivity index is 2.71. The Kier molecular flexibility index (Phi) is 1.94. The maximum absolute atomic E-state index is 10.9. The molecular formula is C7H11NO2. The van der Waals surface area contributed by atoms with Gasteiger partial charge in [0.25, 0.3) is 0 Å². The van der Waals surface area contributed by atoms with Crippen LogP contribution in [0.4, 0.5) is 0 Å². The number of hydrogen-bond donors (Lipinski definition) is 1. The lowest BCUT2D eigenvalue weighted by Gasteiger charge is -1.98. The van der Waals surface area contributed by atoms with E-state index in [1.807, 2.05) is 0 Å². The van der Waals surface area contributed by atoms with E-state index in [0.717, 1.165) is 19.3 Å². The molecule has 3 nitrogen and oxygen atoms in total. The number of hydrogen-bond acceptors (Lipinski definition) is 3. The second-order valence-electron chi connectivity index (χ2n) is 2.35. The van der Waals surface area contributed by atoms with Gasteiger partial charge in [0.2, 0.25) is 0 Å². The predicted molar refractivity (Wildman–Crippen MR) is 37.1 cm³/mol. The molecule has 2 N–H and O–H groups in total. The van der Waals surface area contributed by atoms with E-state index in [1.165, 1.54) is 7.11 Å². The Morgan fingerprint density at radius 3 is 2.70 bits per heavy atom. The highest BCUT2D eigenvalue weighted by Gasteiger charge is 2.18. The van der Waals surface area contributed by atoms with Gasteiger partial charge in [-0.2, -0.15) is 0 Å². The van der Waals surface area contributed by atoms with E-state index in [4.69, 9.17) is 5.73 Å². The van der Waals surface area contributed by atoms with E-state index >= 15 is 0 Å². The highest BCUT2D eigenvalue weighted by atomic mass is 16.5. The number of carbonyl (C=O) groups is 1. The summed E-state index contributed by atoms with van der Waals surface area (Å²) in [5.74, 6) is -0.269. The summed E-state index contributed by atoms with van der Waals surface area (Å²) < 4.78 is 4.53. The second kappa shape index (κ2) is 2.73. The molecule has 0 amide bonds. The quantitative estimate of drug-likeness (QED) is 0.543. The van der Waals surface area contributed by atoms with E-state index in [2.05, 4.69) is 4.74 Å². The summed E-state index contributed by atoms with van der Waals surface area (Å²) in [5, 5.41) is 0. The van der Waals surface area contributed by atoms with Crippen molar-refractivity contribution in [2.24, 2.45) is 5.73 Å². The summed E-state index contributed by atoms with van der Waals surface area (Å²) in [6, 6.07) is 0. The molecule has 56 valence electrons. The highest BCUT2D eigenvalue weighted by molar-refractivity contribution is 5.89. The maximum Gasteiger partial charge on any atom is 0.335 e. The van der Waals surface area contributed by atoms with Crippen molar-refractivity contribution in [2.75, 3.05) is 7.11 Å². The van der Waals surface area contributed by atoms with Crippen LogP contribution < -0.4 is 5.73 Å². The van der Waals surface area contributed by atoms with E-state index in [1.54, 1.807) is 0 Å². The summed E-state index contributed by atoms with van der Waals surface area (Å²) in [6.45, 7) is 0. The normalized spacial score (nSPS) is 17.7. The molecule has 0 atom stereocenters. The predicted octanol–water partition coefficient (Wildman–Crippen LogP) is 0.556. The number of nitrogens with two attached hydrogens (primary N) is 1. The number of rotatable bonds is 1. The zero-order chi connectivity index (χ0) is 7.56. The topological polar surface area (TPSA) is 52.3 Å². The van der Waals surface area contributed by atoms with Crippen LogP contribution in [0, 0.1) is 0 Å². The SMILES string of the molecule is COC(=O)C1=C(N)CCC1. The molecule has 0 radical (unpaired) electrons. The Morgan fingerprint density at radius 2 is 2.30 bits per heavy atom. The Hall–Kier alpha value is -0.990. The molecular weight excluding hydrogens is 130 g/mol. The minimum Gasteiger partial charge on any atom is -0.466 e. The van der Waals surface area contributed by atoms with E-state index in [9.17, 15) is 4.79 Å². The second-order valence-corrected chi connectivity index (χ2v) is 2.35. The minimum atomic E-state index is -0.269. The largest absolute Gasteiger partial charge is 0.466 e. The molecule has 0 unspecified atom stereocenters. The fourth-order valence-corrected chi connectivity index (χ4v) is 1.12. The van der Waals surface area contributed by atoms with Gasteiger partial charge in [-0.15, -0.1) is 0 Å². The molecule has 0 spiro atoms. The van der Waals surface area contributed by atoms with Gasteiger partial charge in [-0.3, -0.25) is 0 Å². The standard InChI is InChI=1S/C7H11NO2/c1-10-7(9)5-3-2-4-6(5)8/h2-4,8H2,1H3. The average molecular weight is 141 g/mol. The summed E-state index contributed by atoms with van der Waals surface area (Å²) in [5.41, 5.74) is 6.90. The molecule has 1 rings (SSSR count). The van der Waals surface area contributed by atoms with Gasteiger partial charge in [0.15, 0.2) is 0 Å². The number of ether oxygens (including phenoxy) is 1. The van der Waals surface area contributed by atoms with Crippen LogP contribution in [0.25, 0.3) is 0 Å². The van der Waals surface area contributed by atoms with Crippen molar-refractivity contribution in [3.05, 3.63) is 11.3 Å². The third kappa shape index (κ3) is 1.12. The van der Waals surface area contributed by atoms with Crippen LogP contribution in [-0.4, -0.2) is 13.1 Å². The minimum absolute atomic E-state index is 0.269. The van der Waals surface area contributed by atoms with Crippen molar-refractivity contribution in [1.29, 1.82) is 0 Å². The van der Waals surface area contributed by atoms with Crippen LogP contribution in [0.15, 0.2) is 11.3 Å². The van der Waals surface area contributed by atoms with Gasteiger partial charge in [0.1, 0.15) is 0 Å². The number of allylic oxidation sites excluding steroid dienone is 1. The Bertz CT molecular complexity index is 184. The number of carbonyl (C=O) groups excluding carboxylic acids is 1. The molecule has 0 heterocycles. The monoisotopic (exact) mass is 141 g/mol. The summed E-state index contributed by atoms with van der Waals surface area (Å²) in [4.78, 5) is 10.9. The summed E-state index contributed by atoms with van der Waals surface area (Å²) in [7, 11) is 1.38. The van der Waals surface area contributed by atoms with E-state index in [0.29, 0.717) is 11.3 Å². The van der Waals surface area contributed by atoms with Crippen molar-refractivity contribution < 1.29 is 9.53 Å². The van der Waals surface area contributed by atoms with E-state index in [-0.39, 0.29) is 5.97 Å². The molecule has 1 aliphatic carbocycles. The zero-order valence-electron chi connectivity index (χ0n) is 6.02. The fraction of sp³-hybridized carbons (Fsp3) is 0.571. The molecule has 3 heteroatoms. The molecule has 0 aromatic carbocycles. The molecule has 0 fully saturated rings. The van der Waals surface area contributed by atoms with E-state index < -0.39 is 0 Å². The molecule has 0 saturated heterocycles. The van der Waals surface area contributed by atoms with Gasteiger partial charge in [-0.05, 0) is 19.3 Å². The lowest BCUT2D eigenvalue weighted by molar-refractivity contribution is -0.136. The third-order valence-corrected chi connectivity index (χ3v) is 1.69. The van der Waals surface area contributed by atoms with Crippen LogP contribution in [0.3, 0.4) is 0 Å². The van der Waals surface area contributed by atoms with Crippen molar-refractivity contribution in [2.45, 2.75) is 19.3 Å². The molecule has 0 aliphatic heterocycles. The molecule has 0 bridgehead atoms. The van der Waals surface area contributed by atoms with Crippen LogP contribution >= 0.6 is 0 Å². The zero-order valence-corrected chi connectivity index (χ0v) is 6.02. The third-order valence-electron chi connectivity index (χ3n) is 1.69. The van der Waals surface area contributed by atoms with Crippen molar-refractivity contribution >= 4 is 5.97 Å². The van der Waals surface area contributed by atoms with Crippen LogP contribution in [0.1, 0.15) is 19.3 Å². The Morgan fingerprint density at radius 1 is 1.60 bits per heavy atom. The number of esters is 1. The molecule has 0 aromatic heterocycles. The maximum atomic E-state index is 10.9. The van der Waals surface area contributed by atoms with Crippen LogP contribution in [0.5, 0.6) is 0 Å². The van der Waals surface area contributed by atoms with Gasteiger partial charge in [-0.25, -0.2) is 4.79 Å². The number of methoxy groups -OCH3 is 1. The average Bonchev–Trinajstić information content (AvgIpc) is 2.34. The first-order chi connectivity index (χ1) is 4.75. The molecule has 1 aliphatic rings. The van der Waals surface area contributed by atoms with Crippen LogP contribution in [0.2, 0.25) is 0 Å². The van der Waals surface area contributed by atoms with Gasteiger partial charge >= 0.3 is 5.97 Å². The first-order valence-corrected chi connectivity index (χ1v) is 3.31. The molecule has 0 saturated carbocycles. The Labute approximate surface area is 59.8 Å². The lowest BCUT2D eigenvalue weighted by atomic mass is 10.2. The van der Waals surface area contributed by atoms with Gasteiger partial charge in [0, 0.05) is 5.70 Å². The molecule has 10 heavy (non-hydrogen) atoms. The van der Waals surface area contributed by atoms with Crippen LogP contribution in [-0.2, 0) is 9.53 Å². The smallest absolute Gasteiger partial charge is 0.335 e.